The molecule has 1 unspecified atom stereocenters. The zero-order chi connectivity index (χ0) is 9.68. The van der Waals surface area contributed by atoms with Gasteiger partial charge in [-0.3, -0.25) is 0 Å². The number of nitrogens with zero attached hydrogens (tertiary/aromatic N) is 1. The summed E-state index contributed by atoms with van der Waals surface area (Å²) in [5.41, 5.74) is 0. The van der Waals surface area contributed by atoms with Gasteiger partial charge in [0, 0.05) is 0 Å². The summed E-state index contributed by atoms with van der Waals surface area (Å²) in [6.45, 7) is 1.06. The van der Waals surface area contributed by atoms with Crippen LogP contribution in [-0.4, -0.2) is 32.6 Å². The molecular formula is C10H18N2O. The molecule has 1 N–H and O–H groups in total. The zero-order valence-corrected chi connectivity index (χ0v) is 8.58. The third-order valence-corrected chi connectivity index (χ3v) is 2.10. The topological polar surface area (TPSA) is 28.4 Å². The number of furan rings is 1. The Labute approximate surface area is 79.7 Å². The molecule has 0 radical (unpaired) electrons. The Hall–Kier alpha value is -0.800. The van der Waals surface area contributed by atoms with Gasteiger partial charge in [-0.2, -0.15) is 0 Å². The van der Waals surface area contributed by atoms with Crippen molar-refractivity contribution in [2.45, 2.75) is 12.5 Å². The van der Waals surface area contributed by atoms with Crippen LogP contribution < -0.4 is 5.32 Å². The smallest absolute Gasteiger partial charge is 0.120 e. The van der Waals surface area contributed by atoms with E-state index in [-0.39, 0.29) is 0 Å². The molecule has 13 heavy (non-hydrogen) atoms. The van der Waals surface area contributed by atoms with Crippen molar-refractivity contribution in [1.82, 2.24) is 10.2 Å². The summed E-state index contributed by atoms with van der Waals surface area (Å²) in [5, 5.41) is 3.24. The summed E-state index contributed by atoms with van der Waals surface area (Å²) >= 11 is 0. The van der Waals surface area contributed by atoms with E-state index in [4.69, 9.17) is 4.42 Å². The van der Waals surface area contributed by atoms with Gasteiger partial charge in [0.05, 0.1) is 12.3 Å². The molecule has 1 heterocycles. The third kappa shape index (κ3) is 3.20. The van der Waals surface area contributed by atoms with Gasteiger partial charge in [-0.15, -0.1) is 0 Å². The van der Waals surface area contributed by atoms with Crippen molar-refractivity contribution in [3.8, 4) is 0 Å². The van der Waals surface area contributed by atoms with E-state index in [2.05, 4.69) is 24.3 Å². The van der Waals surface area contributed by atoms with Crippen LogP contribution in [0.1, 0.15) is 18.2 Å². The lowest BCUT2D eigenvalue weighted by molar-refractivity contribution is 0.342. The molecule has 0 fully saturated rings. The number of rotatable bonds is 5. The monoisotopic (exact) mass is 182 g/mol. The van der Waals surface area contributed by atoms with Crippen molar-refractivity contribution >= 4 is 0 Å². The van der Waals surface area contributed by atoms with Crippen LogP contribution in [0.15, 0.2) is 22.8 Å². The van der Waals surface area contributed by atoms with Crippen LogP contribution in [0.4, 0.5) is 0 Å². The minimum atomic E-state index is 0.331. The Balaban J connectivity index is 2.44. The molecule has 0 aliphatic carbocycles. The van der Waals surface area contributed by atoms with Gasteiger partial charge in [0.1, 0.15) is 5.76 Å². The third-order valence-electron chi connectivity index (χ3n) is 2.10. The summed E-state index contributed by atoms with van der Waals surface area (Å²) in [7, 11) is 6.12. The van der Waals surface area contributed by atoms with Crippen LogP contribution in [0.25, 0.3) is 0 Å². The van der Waals surface area contributed by atoms with Gasteiger partial charge in [-0.05, 0) is 46.2 Å². The van der Waals surface area contributed by atoms with E-state index in [0.29, 0.717) is 6.04 Å². The van der Waals surface area contributed by atoms with Gasteiger partial charge >= 0.3 is 0 Å². The molecule has 74 valence electrons. The normalized spacial score (nSPS) is 13.5. The molecule has 3 heteroatoms. The van der Waals surface area contributed by atoms with Crippen molar-refractivity contribution in [3.05, 3.63) is 24.2 Å². The minimum Gasteiger partial charge on any atom is -0.468 e. The first kappa shape index (κ1) is 10.3. The highest BCUT2D eigenvalue weighted by atomic mass is 16.3. The van der Waals surface area contributed by atoms with E-state index in [1.54, 1.807) is 6.26 Å². The first-order valence-corrected chi connectivity index (χ1v) is 4.59. The van der Waals surface area contributed by atoms with Crippen LogP contribution >= 0.6 is 0 Å². The van der Waals surface area contributed by atoms with E-state index in [0.717, 1.165) is 18.7 Å². The molecule has 1 aromatic rings. The maximum absolute atomic E-state index is 5.34. The van der Waals surface area contributed by atoms with E-state index in [1.807, 2.05) is 19.2 Å². The molecule has 0 saturated carbocycles. The van der Waals surface area contributed by atoms with Crippen LogP contribution in [-0.2, 0) is 0 Å². The Morgan fingerprint density at radius 3 is 2.77 bits per heavy atom. The Morgan fingerprint density at radius 2 is 2.31 bits per heavy atom. The quantitative estimate of drug-likeness (QED) is 0.748. The molecule has 3 nitrogen and oxygen atoms in total. The first-order valence-electron chi connectivity index (χ1n) is 4.59. The van der Waals surface area contributed by atoms with Crippen LogP contribution in [0.3, 0.4) is 0 Å². The largest absolute Gasteiger partial charge is 0.468 e. The van der Waals surface area contributed by atoms with Gasteiger partial charge in [0.15, 0.2) is 0 Å². The summed E-state index contributed by atoms with van der Waals surface area (Å²) in [4.78, 5) is 2.17. The van der Waals surface area contributed by atoms with Crippen molar-refractivity contribution in [3.63, 3.8) is 0 Å². The standard InChI is InChI=1S/C10H18N2O/c1-11-9(6-7-12(2)3)10-5-4-8-13-10/h4-5,8-9,11H,6-7H2,1-3H3. The minimum absolute atomic E-state index is 0.331. The molecular weight excluding hydrogens is 164 g/mol. The van der Waals surface area contributed by atoms with Crippen molar-refractivity contribution in [2.75, 3.05) is 27.7 Å². The number of hydrogen-bond acceptors (Lipinski definition) is 3. The van der Waals surface area contributed by atoms with E-state index >= 15 is 0 Å². The van der Waals surface area contributed by atoms with E-state index in [1.165, 1.54) is 0 Å². The lowest BCUT2D eigenvalue weighted by Crippen LogP contribution is -2.22. The van der Waals surface area contributed by atoms with Gasteiger partial charge in [-0.25, -0.2) is 0 Å². The number of nitrogens with one attached hydrogen (secondary N) is 1. The second-order valence-corrected chi connectivity index (χ2v) is 3.45. The van der Waals surface area contributed by atoms with Gasteiger partial charge in [0.25, 0.3) is 0 Å². The Kier molecular flexibility index (Phi) is 3.99. The molecule has 0 bridgehead atoms. The van der Waals surface area contributed by atoms with Gasteiger partial charge in [0.2, 0.25) is 0 Å². The maximum Gasteiger partial charge on any atom is 0.120 e. The lowest BCUT2D eigenvalue weighted by atomic mass is 10.1. The van der Waals surface area contributed by atoms with E-state index < -0.39 is 0 Å². The second kappa shape index (κ2) is 5.04. The summed E-state index contributed by atoms with van der Waals surface area (Å²) in [6, 6.07) is 4.27. The second-order valence-electron chi connectivity index (χ2n) is 3.45. The summed E-state index contributed by atoms with van der Waals surface area (Å²) < 4.78 is 5.34. The lowest BCUT2D eigenvalue weighted by Gasteiger charge is -2.16. The Morgan fingerprint density at radius 1 is 1.54 bits per heavy atom. The van der Waals surface area contributed by atoms with Gasteiger partial charge < -0.3 is 14.6 Å². The predicted octanol–water partition coefficient (Wildman–Crippen LogP) is 1.49. The van der Waals surface area contributed by atoms with E-state index in [9.17, 15) is 0 Å². The van der Waals surface area contributed by atoms with Crippen LogP contribution in [0, 0.1) is 0 Å². The molecule has 1 aromatic heterocycles. The highest BCUT2D eigenvalue weighted by molar-refractivity contribution is 5.03. The van der Waals surface area contributed by atoms with Crippen LogP contribution in [0.5, 0.6) is 0 Å². The maximum atomic E-state index is 5.34. The highest BCUT2D eigenvalue weighted by Crippen LogP contribution is 2.16. The zero-order valence-electron chi connectivity index (χ0n) is 8.58. The average molecular weight is 182 g/mol. The van der Waals surface area contributed by atoms with Crippen molar-refractivity contribution in [2.24, 2.45) is 0 Å². The molecule has 1 atom stereocenters. The highest BCUT2D eigenvalue weighted by Gasteiger charge is 2.11. The number of hydrogen-bond donors (Lipinski definition) is 1. The molecule has 0 saturated heterocycles. The van der Waals surface area contributed by atoms with Gasteiger partial charge in [-0.1, -0.05) is 0 Å². The van der Waals surface area contributed by atoms with Crippen molar-refractivity contribution < 1.29 is 4.42 Å². The summed E-state index contributed by atoms with van der Waals surface area (Å²) in [6.07, 6.45) is 2.78. The molecule has 0 spiro atoms. The molecule has 0 aliphatic heterocycles. The predicted molar refractivity (Wildman–Crippen MR) is 53.7 cm³/mol. The molecule has 0 amide bonds. The molecule has 1 rings (SSSR count). The Bertz CT molecular complexity index is 219. The fourth-order valence-corrected chi connectivity index (χ4v) is 1.31. The molecule has 0 aliphatic rings. The SMILES string of the molecule is CNC(CCN(C)C)c1ccco1. The van der Waals surface area contributed by atoms with Crippen LogP contribution in [0.2, 0.25) is 0 Å². The fourth-order valence-electron chi connectivity index (χ4n) is 1.31. The summed E-state index contributed by atoms with van der Waals surface area (Å²) in [5.74, 6) is 1.02. The van der Waals surface area contributed by atoms with Crippen molar-refractivity contribution in [1.29, 1.82) is 0 Å². The average Bonchev–Trinajstić information content (AvgIpc) is 2.58. The first-order chi connectivity index (χ1) is 6.24. The fraction of sp³-hybridized carbons (Fsp3) is 0.600. The molecule has 0 aromatic carbocycles.